The number of nitrogens with zero attached hydrogens (tertiary/aromatic N) is 1. The average molecular weight is 564 g/mol. The molecular weight excluding hydrogens is 530 g/mol. The Hall–Kier alpha value is -3.36. The molecule has 9 heteroatoms. The van der Waals surface area contributed by atoms with E-state index in [9.17, 15) is 14.4 Å². The number of rotatable bonds is 7. The Bertz CT molecular complexity index is 1360. The van der Waals surface area contributed by atoms with E-state index >= 15 is 0 Å². The zero-order chi connectivity index (χ0) is 28.0. The van der Waals surface area contributed by atoms with Gasteiger partial charge in [0.05, 0.1) is 25.0 Å². The fraction of sp³-hybridized carbons (Fsp3) is 0.452. The topological polar surface area (TPSA) is 97.0 Å². The molecule has 2 N–H and O–H groups in total. The normalized spacial score (nSPS) is 32.2. The molecule has 3 heterocycles. The predicted octanol–water partition coefficient (Wildman–Crippen LogP) is 4.33. The Kier molecular flexibility index (Phi) is 7.09. The van der Waals surface area contributed by atoms with Crippen molar-refractivity contribution in [2.24, 2.45) is 17.8 Å². The molecule has 3 aliphatic heterocycles. The monoisotopic (exact) mass is 563 g/mol. The Morgan fingerprint density at radius 2 is 1.93 bits per heavy atom. The molecule has 3 fully saturated rings. The Balaban J connectivity index is 1.33. The molecule has 6 rings (SSSR count). The highest BCUT2D eigenvalue weighted by Crippen LogP contribution is 2.55. The number of carbonyl (C=O) groups excluding carboxylic acids is 3. The molecule has 4 aliphatic rings. The van der Waals surface area contributed by atoms with Crippen LogP contribution in [0.25, 0.3) is 0 Å². The quantitative estimate of drug-likeness (QED) is 0.489. The van der Waals surface area contributed by atoms with Gasteiger partial charge in [-0.1, -0.05) is 67.8 Å². The van der Waals surface area contributed by atoms with Crippen LogP contribution in [0.4, 0.5) is 5.69 Å². The summed E-state index contributed by atoms with van der Waals surface area (Å²) in [6.45, 7) is 2.30. The number of likely N-dealkylation sites (tertiary alicyclic amines) is 1. The molecule has 0 radical (unpaired) electrons. The van der Waals surface area contributed by atoms with E-state index in [0.29, 0.717) is 22.4 Å². The van der Waals surface area contributed by atoms with Gasteiger partial charge in [0.25, 0.3) is 0 Å². The first-order valence-electron chi connectivity index (χ1n) is 14.0. The molecule has 2 aromatic carbocycles. The van der Waals surface area contributed by atoms with Crippen molar-refractivity contribution in [1.82, 2.24) is 10.2 Å². The number of methoxy groups -OCH3 is 1. The van der Waals surface area contributed by atoms with Gasteiger partial charge >= 0.3 is 0 Å². The summed E-state index contributed by atoms with van der Waals surface area (Å²) in [7, 11) is 1.56. The summed E-state index contributed by atoms with van der Waals surface area (Å²) in [4.78, 5) is 43.6. The number of halogens is 1. The number of anilines is 1. The molecule has 1 spiro atoms. The second-order valence-electron chi connectivity index (χ2n) is 11.4. The third kappa shape index (κ3) is 4.47. The van der Waals surface area contributed by atoms with E-state index in [1.165, 1.54) is 0 Å². The average Bonchev–Trinajstić information content (AvgIpc) is 3.59. The lowest BCUT2D eigenvalue weighted by Gasteiger charge is -2.36. The zero-order valence-electron chi connectivity index (χ0n) is 22.6. The van der Waals surface area contributed by atoms with Crippen LogP contribution >= 0.6 is 11.6 Å². The largest absolute Gasteiger partial charge is 0.497 e. The molecular formula is C31H34ClN3O5. The third-order valence-electron chi connectivity index (χ3n) is 9.00. The van der Waals surface area contributed by atoms with Crippen molar-refractivity contribution in [3.05, 3.63) is 71.3 Å². The minimum Gasteiger partial charge on any atom is -0.497 e. The number of nitrogens with one attached hydrogen (secondary N) is 2. The third-order valence-corrected chi connectivity index (χ3v) is 9.37. The van der Waals surface area contributed by atoms with Crippen LogP contribution in [0.15, 0.2) is 60.7 Å². The number of benzene rings is 2. The Labute approximate surface area is 239 Å². The molecule has 2 saturated heterocycles. The lowest BCUT2D eigenvalue weighted by Crippen LogP contribution is -2.57. The number of hydrogen-bond donors (Lipinski definition) is 2. The predicted molar refractivity (Wildman–Crippen MR) is 151 cm³/mol. The number of ether oxygens (including phenoxy) is 2. The van der Waals surface area contributed by atoms with Crippen molar-refractivity contribution in [3.63, 3.8) is 0 Å². The molecule has 7 atom stereocenters. The van der Waals surface area contributed by atoms with Crippen molar-refractivity contribution < 1.29 is 23.9 Å². The second-order valence-corrected chi connectivity index (χ2v) is 11.8. The van der Waals surface area contributed by atoms with E-state index in [2.05, 4.69) is 17.6 Å². The SMILES string of the molecule is COc1cccc(NC(=O)[C@@H]2[C@@H]3C=C[C@]4(O3)[C@@H]2C(=O)N(Cc2ccccc2Cl)[C@H]4C(=O)N[C@@H]2CCCC[C@@H]2C)c1. The lowest BCUT2D eigenvalue weighted by molar-refractivity contribution is -0.142. The molecule has 2 aromatic rings. The van der Waals surface area contributed by atoms with Crippen LogP contribution in [-0.4, -0.2) is 53.5 Å². The van der Waals surface area contributed by atoms with Crippen LogP contribution in [0.3, 0.4) is 0 Å². The molecule has 40 heavy (non-hydrogen) atoms. The van der Waals surface area contributed by atoms with Gasteiger partial charge < -0.3 is 25.0 Å². The summed E-state index contributed by atoms with van der Waals surface area (Å²) in [5, 5.41) is 6.70. The van der Waals surface area contributed by atoms with E-state index in [1.54, 1.807) is 42.3 Å². The fourth-order valence-corrected chi connectivity index (χ4v) is 7.16. The van der Waals surface area contributed by atoms with Crippen molar-refractivity contribution in [3.8, 4) is 5.75 Å². The summed E-state index contributed by atoms with van der Waals surface area (Å²) in [6.07, 6.45) is 7.21. The maximum absolute atomic E-state index is 14.2. The zero-order valence-corrected chi connectivity index (χ0v) is 23.4. The maximum atomic E-state index is 14.2. The maximum Gasteiger partial charge on any atom is 0.246 e. The van der Waals surface area contributed by atoms with Crippen LogP contribution in [0.5, 0.6) is 5.75 Å². The summed E-state index contributed by atoms with van der Waals surface area (Å²) in [5.74, 6) is -1.54. The smallest absolute Gasteiger partial charge is 0.246 e. The standard InChI is InChI=1S/C31H34ClN3O5/c1-18-8-3-6-13-23(18)34-29(37)27-31-15-14-24(40-31)25(28(36)33-20-10-7-11-21(16-20)39-2)26(31)30(38)35(27)17-19-9-4-5-12-22(19)32/h4-5,7,9-12,14-16,18,23-27H,3,6,8,13,17H2,1-2H3,(H,33,36)(H,34,37)/t18-,23+,24-,25+,26-,27-,31-/m0/s1. The van der Waals surface area contributed by atoms with Crippen LogP contribution in [0.2, 0.25) is 5.02 Å². The van der Waals surface area contributed by atoms with E-state index in [4.69, 9.17) is 21.1 Å². The van der Waals surface area contributed by atoms with Crippen LogP contribution in [0.1, 0.15) is 38.2 Å². The number of amides is 3. The first-order chi connectivity index (χ1) is 19.3. The Morgan fingerprint density at radius 3 is 2.70 bits per heavy atom. The van der Waals surface area contributed by atoms with Crippen molar-refractivity contribution in [2.45, 2.75) is 62.9 Å². The molecule has 3 amide bonds. The van der Waals surface area contributed by atoms with Gasteiger partial charge in [-0.25, -0.2) is 0 Å². The van der Waals surface area contributed by atoms with Crippen molar-refractivity contribution in [1.29, 1.82) is 0 Å². The fourth-order valence-electron chi connectivity index (χ4n) is 6.97. The molecule has 210 valence electrons. The minimum atomic E-state index is -1.23. The van der Waals surface area contributed by atoms with Crippen molar-refractivity contribution >= 4 is 35.0 Å². The van der Waals surface area contributed by atoms with E-state index in [-0.39, 0.29) is 30.3 Å². The minimum absolute atomic E-state index is 0.0312. The summed E-state index contributed by atoms with van der Waals surface area (Å²) >= 11 is 6.49. The Morgan fingerprint density at radius 1 is 1.12 bits per heavy atom. The second kappa shape index (κ2) is 10.6. The molecule has 1 saturated carbocycles. The van der Waals surface area contributed by atoms with E-state index < -0.39 is 29.6 Å². The first-order valence-corrected chi connectivity index (χ1v) is 14.4. The van der Waals surface area contributed by atoms with Gasteiger partial charge in [0, 0.05) is 29.4 Å². The first kappa shape index (κ1) is 26.8. The van der Waals surface area contributed by atoms with Gasteiger partial charge in [0.15, 0.2) is 0 Å². The van der Waals surface area contributed by atoms with Gasteiger partial charge in [0.1, 0.15) is 17.4 Å². The van der Waals surface area contributed by atoms with Crippen molar-refractivity contribution in [2.75, 3.05) is 12.4 Å². The van der Waals surface area contributed by atoms with Gasteiger partial charge in [-0.15, -0.1) is 0 Å². The van der Waals surface area contributed by atoms with Gasteiger partial charge in [-0.05, 0) is 42.5 Å². The molecule has 1 aliphatic carbocycles. The van der Waals surface area contributed by atoms with E-state index in [1.807, 2.05) is 30.4 Å². The summed E-state index contributed by atoms with van der Waals surface area (Å²) in [6, 6.07) is 13.5. The highest BCUT2D eigenvalue weighted by molar-refractivity contribution is 6.31. The van der Waals surface area contributed by atoms with E-state index in [0.717, 1.165) is 31.2 Å². The highest BCUT2D eigenvalue weighted by Gasteiger charge is 2.72. The highest BCUT2D eigenvalue weighted by atomic mass is 35.5. The lowest BCUT2D eigenvalue weighted by atomic mass is 9.74. The number of fused-ring (bicyclic) bond motifs is 1. The number of hydrogen-bond acceptors (Lipinski definition) is 5. The summed E-state index contributed by atoms with van der Waals surface area (Å²) < 4.78 is 11.7. The van der Waals surface area contributed by atoms with Crippen LogP contribution < -0.4 is 15.4 Å². The van der Waals surface area contributed by atoms with Crippen LogP contribution in [0, 0.1) is 17.8 Å². The molecule has 8 nitrogen and oxygen atoms in total. The van der Waals surface area contributed by atoms with Crippen LogP contribution in [-0.2, 0) is 25.7 Å². The number of carbonyl (C=O) groups is 3. The van der Waals surface area contributed by atoms with Gasteiger partial charge in [-0.2, -0.15) is 0 Å². The molecule has 2 bridgehead atoms. The molecule has 0 unspecified atom stereocenters. The van der Waals surface area contributed by atoms with Gasteiger partial charge in [0.2, 0.25) is 17.7 Å². The summed E-state index contributed by atoms with van der Waals surface area (Å²) in [5.41, 5.74) is 0.0548. The van der Waals surface area contributed by atoms with Gasteiger partial charge in [-0.3, -0.25) is 14.4 Å². The molecule has 0 aromatic heterocycles.